The zero-order valence-corrected chi connectivity index (χ0v) is 9.50. The molecule has 0 radical (unpaired) electrons. The highest BCUT2D eigenvalue weighted by Gasteiger charge is 2.23. The SMILES string of the molecule is O=S(=O)(O)C[C@H]1CCc2ccc(F)cc2C1. The average molecular weight is 244 g/mol. The molecule has 1 atom stereocenters. The largest absolute Gasteiger partial charge is 0.286 e. The third kappa shape index (κ3) is 2.80. The van der Waals surface area contributed by atoms with Gasteiger partial charge in [-0.3, -0.25) is 4.55 Å². The second-order valence-electron chi connectivity index (χ2n) is 4.27. The van der Waals surface area contributed by atoms with Crippen LogP contribution in [0.2, 0.25) is 0 Å². The molecule has 0 spiro atoms. The second-order valence-corrected chi connectivity index (χ2v) is 5.77. The van der Waals surface area contributed by atoms with Crippen molar-refractivity contribution in [3.63, 3.8) is 0 Å². The summed E-state index contributed by atoms with van der Waals surface area (Å²) in [5.74, 6) is -0.640. The van der Waals surface area contributed by atoms with Crippen molar-refractivity contribution in [3.8, 4) is 0 Å². The van der Waals surface area contributed by atoms with E-state index >= 15 is 0 Å². The summed E-state index contributed by atoms with van der Waals surface area (Å²) in [6.45, 7) is 0. The molecule has 0 fully saturated rings. The van der Waals surface area contributed by atoms with Crippen LogP contribution in [0.1, 0.15) is 17.5 Å². The zero-order chi connectivity index (χ0) is 11.8. The van der Waals surface area contributed by atoms with E-state index in [1.807, 2.05) is 0 Å². The minimum absolute atomic E-state index is 0.107. The number of fused-ring (bicyclic) bond motifs is 1. The topological polar surface area (TPSA) is 54.4 Å². The lowest BCUT2D eigenvalue weighted by Crippen LogP contribution is -2.22. The molecular formula is C11H13FO3S. The number of benzene rings is 1. The summed E-state index contributed by atoms with van der Waals surface area (Å²) >= 11 is 0. The van der Waals surface area contributed by atoms with Gasteiger partial charge in [0, 0.05) is 0 Å². The first-order valence-corrected chi connectivity index (χ1v) is 6.77. The van der Waals surface area contributed by atoms with Crippen LogP contribution in [-0.4, -0.2) is 18.7 Å². The first kappa shape index (κ1) is 11.5. The Balaban J connectivity index is 2.17. The van der Waals surface area contributed by atoms with Gasteiger partial charge in [0.1, 0.15) is 5.82 Å². The summed E-state index contributed by atoms with van der Waals surface area (Å²) in [7, 11) is -3.93. The first-order chi connectivity index (χ1) is 7.44. The Labute approximate surface area is 94.0 Å². The summed E-state index contributed by atoms with van der Waals surface area (Å²) in [5, 5.41) is 0. The van der Waals surface area contributed by atoms with Gasteiger partial charge < -0.3 is 0 Å². The standard InChI is InChI=1S/C11H13FO3S/c12-11-4-3-9-2-1-8(5-10(9)6-11)7-16(13,14)15/h3-4,6,8H,1-2,5,7H2,(H,13,14,15)/t8-/m0/s1. The van der Waals surface area contributed by atoms with E-state index in [9.17, 15) is 12.8 Å². The molecule has 1 N–H and O–H groups in total. The minimum Gasteiger partial charge on any atom is -0.286 e. The monoisotopic (exact) mass is 244 g/mol. The van der Waals surface area contributed by atoms with E-state index in [0.717, 1.165) is 24.0 Å². The average Bonchev–Trinajstić information content (AvgIpc) is 2.14. The molecule has 1 aliphatic carbocycles. The number of aryl methyl sites for hydroxylation is 1. The molecule has 3 nitrogen and oxygen atoms in total. The molecule has 0 aromatic heterocycles. The fraction of sp³-hybridized carbons (Fsp3) is 0.455. The third-order valence-corrected chi connectivity index (χ3v) is 3.84. The highest BCUT2D eigenvalue weighted by molar-refractivity contribution is 7.85. The van der Waals surface area contributed by atoms with Gasteiger partial charge >= 0.3 is 0 Å². The molecule has 1 aromatic carbocycles. The lowest BCUT2D eigenvalue weighted by atomic mass is 9.85. The smallest absolute Gasteiger partial charge is 0.265 e. The molecule has 0 amide bonds. The maximum Gasteiger partial charge on any atom is 0.265 e. The van der Waals surface area contributed by atoms with Crippen molar-refractivity contribution >= 4 is 10.1 Å². The number of hydrogen-bond acceptors (Lipinski definition) is 2. The lowest BCUT2D eigenvalue weighted by Gasteiger charge is -2.23. The van der Waals surface area contributed by atoms with Gasteiger partial charge in [0.25, 0.3) is 10.1 Å². The fourth-order valence-corrected chi connectivity index (χ4v) is 3.12. The highest BCUT2D eigenvalue weighted by atomic mass is 32.2. The van der Waals surface area contributed by atoms with Crippen molar-refractivity contribution < 1.29 is 17.4 Å². The molecule has 0 unspecified atom stereocenters. The van der Waals surface area contributed by atoms with Gasteiger partial charge in [-0.25, -0.2) is 4.39 Å². The maximum absolute atomic E-state index is 13.0. The Bertz CT molecular complexity index is 496. The van der Waals surface area contributed by atoms with Crippen molar-refractivity contribution in [1.29, 1.82) is 0 Å². The summed E-state index contributed by atoms with van der Waals surface area (Å²) in [6, 6.07) is 4.61. The molecule has 0 heterocycles. The van der Waals surface area contributed by atoms with E-state index < -0.39 is 10.1 Å². The quantitative estimate of drug-likeness (QED) is 0.807. The summed E-state index contributed by atoms with van der Waals surface area (Å²) in [5.41, 5.74) is 1.94. The molecule has 5 heteroatoms. The normalized spacial score (nSPS) is 20.5. The molecule has 2 rings (SSSR count). The summed E-state index contributed by atoms with van der Waals surface area (Å²) in [4.78, 5) is 0. The van der Waals surface area contributed by atoms with Gasteiger partial charge in [0.2, 0.25) is 0 Å². The molecule has 1 aliphatic rings. The Morgan fingerprint density at radius 3 is 2.81 bits per heavy atom. The Kier molecular flexibility index (Phi) is 2.99. The molecule has 0 saturated heterocycles. The van der Waals surface area contributed by atoms with Crippen LogP contribution in [-0.2, 0) is 23.0 Å². The van der Waals surface area contributed by atoms with Gasteiger partial charge in [0.15, 0.2) is 0 Å². The zero-order valence-electron chi connectivity index (χ0n) is 8.69. The molecule has 0 aliphatic heterocycles. The van der Waals surface area contributed by atoms with Crippen LogP contribution in [0, 0.1) is 11.7 Å². The van der Waals surface area contributed by atoms with E-state index in [4.69, 9.17) is 4.55 Å². The second kappa shape index (κ2) is 4.14. The van der Waals surface area contributed by atoms with Crippen LogP contribution in [0.3, 0.4) is 0 Å². The lowest BCUT2D eigenvalue weighted by molar-refractivity contribution is 0.443. The fourth-order valence-electron chi connectivity index (χ4n) is 2.24. The van der Waals surface area contributed by atoms with Gasteiger partial charge in [-0.15, -0.1) is 0 Å². The van der Waals surface area contributed by atoms with Crippen LogP contribution in [0.25, 0.3) is 0 Å². The van der Waals surface area contributed by atoms with Gasteiger partial charge in [-0.05, 0) is 48.4 Å². The summed E-state index contributed by atoms with van der Waals surface area (Å²) in [6.07, 6.45) is 1.99. The van der Waals surface area contributed by atoms with Gasteiger partial charge in [0.05, 0.1) is 5.75 Å². The maximum atomic E-state index is 13.0. The van der Waals surface area contributed by atoms with Crippen LogP contribution in [0.4, 0.5) is 4.39 Å². The van der Waals surface area contributed by atoms with Crippen molar-refractivity contribution in [2.75, 3.05) is 5.75 Å². The molecular weight excluding hydrogens is 231 g/mol. The van der Waals surface area contributed by atoms with Crippen molar-refractivity contribution in [2.24, 2.45) is 5.92 Å². The molecule has 16 heavy (non-hydrogen) atoms. The molecule has 0 bridgehead atoms. The van der Waals surface area contributed by atoms with Crippen LogP contribution >= 0.6 is 0 Å². The van der Waals surface area contributed by atoms with E-state index in [1.165, 1.54) is 12.1 Å². The Morgan fingerprint density at radius 2 is 2.12 bits per heavy atom. The van der Waals surface area contributed by atoms with Crippen LogP contribution in [0.5, 0.6) is 0 Å². The van der Waals surface area contributed by atoms with Gasteiger partial charge in [-0.1, -0.05) is 6.07 Å². The van der Waals surface area contributed by atoms with E-state index in [0.29, 0.717) is 6.42 Å². The van der Waals surface area contributed by atoms with Crippen molar-refractivity contribution in [3.05, 3.63) is 35.1 Å². The van der Waals surface area contributed by atoms with Crippen molar-refractivity contribution in [1.82, 2.24) is 0 Å². The van der Waals surface area contributed by atoms with Crippen LogP contribution in [0.15, 0.2) is 18.2 Å². The number of halogens is 1. The Morgan fingerprint density at radius 1 is 1.38 bits per heavy atom. The molecule has 0 saturated carbocycles. The number of rotatable bonds is 2. The highest BCUT2D eigenvalue weighted by Crippen LogP contribution is 2.26. The Hall–Kier alpha value is -0.940. The third-order valence-electron chi connectivity index (χ3n) is 2.95. The van der Waals surface area contributed by atoms with Gasteiger partial charge in [-0.2, -0.15) is 8.42 Å². The summed E-state index contributed by atoms with van der Waals surface area (Å²) < 4.78 is 43.3. The predicted octanol–water partition coefficient (Wildman–Crippen LogP) is 1.82. The van der Waals surface area contributed by atoms with E-state index in [2.05, 4.69) is 0 Å². The first-order valence-electron chi connectivity index (χ1n) is 5.16. The van der Waals surface area contributed by atoms with E-state index in [-0.39, 0.29) is 17.5 Å². The van der Waals surface area contributed by atoms with Crippen LogP contribution < -0.4 is 0 Å². The minimum atomic E-state index is -3.93. The molecule has 1 aromatic rings. The van der Waals surface area contributed by atoms with Crippen molar-refractivity contribution in [2.45, 2.75) is 19.3 Å². The van der Waals surface area contributed by atoms with E-state index in [1.54, 1.807) is 6.07 Å². The molecule has 88 valence electrons. The predicted molar refractivity (Wildman–Crippen MR) is 58.3 cm³/mol. The number of hydrogen-bond donors (Lipinski definition) is 1.